The van der Waals surface area contributed by atoms with Crippen LogP contribution in [0.1, 0.15) is 16.7 Å². The van der Waals surface area contributed by atoms with Crippen molar-refractivity contribution < 1.29 is 13.2 Å². The zero-order valence-corrected chi connectivity index (χ0v) is 15.9. The van der Waals surface area contributed by atoms with Gasteiger partial charge in [-0.25, -0.2) is 15.0 Å². The van der Waals surface area contributed by atoms with Crippen LogP contribution in [0.3, 0.4) is 0 Å². The number of alkyl halides is 3. The number of hydrogen-bond acceptors (Lipinski definition) is 5. The van der Waals surface area contributed by atoms with Crippen molar-refractivity contribution in [3.05, 3.63) is 70.6 Å². The fraction of sp³-hybridized carbons (Fsp3) is 0.100. The van der Waals surface area contributed by atoms with Crippen molar-refractivity contribution >= 4 is 28.6 Å². The Hall–Kier alpha value is -3.64. The van der Waals surface area contributed by atoms with Gasteiger partial charge in [-0.1, -0.05) is 23.7 Å². The molecule has 0 amide bonds. The molecule has 4 rings (SSSR count). The minimum Gasteiger partial charge on any atom is -0.350 e. The van der Waals surface area contributed by atoms with Crippen molar-refractivity contribution in [2.75, 3.05) is 5.32 Å². The van der Waals surface area contributed by atoms with Crippen molar-refractivity contribution in [1.82, 2.24) is 19.9 Å². The highest BCUT2D eigenvalue weighted by atomic mass is 35.5. The van der Waals surface area contributed by atoms with E-state index in [1.54, 1.807) is 12.1 Å². The quantitative estimate of drug-likeness (QED) is 0.467. The smallest absolute Gasteiger partial charge is 0.350 e. The molecular formula is C20H12ClF3N6. The Labute approximate surface area is 173 Å². The zero-order chi connectivity index (χ0) is 21.3. The SMILES string of the molecule is N#Cc1cnc(NCc2ccc(Cl)cc2)nc1-c1c[nH]c2ncc(C(F)(F)F)cc12. The predicted octanol–water partition coefficient (Wildman–Crippen LogP) is 5.18. The van der Waals surface area contributed by atoms with Crippen LogP contribution in [0.5, 0.6) is 0 Å². The van der Waals surface area contributed by atoms with E-state index in [0.29, 0.717) is 17.1 Å². The molecule has 0 unspecified atom stereocenters. The van der Waals surface area contributed by atoms with Gasteiger partial charge in [0.1, 0.15) is 11.7 Å². The first-order valence-corrected chi connectivity index (χ1v) is 9.03. The largest absolute Gasteiger partial charge is 0.417 e. The summed E-state index contributed by atoms with van der Waals surface area (Å²) >= 11 is 5.87. The molecule has 0 fully saturated rings. The minimum atomic E-state index is -4.54. The van der Waals surface area contributed by atoms with Crippen molar-refractivity contribution in [3.8, 4) is 17.3 Å². The summed E-state index contributed by atoms with van der Waals surface area (Å²) in [6, 6.07) is 10.1. The number of aromatic amines is 1. The topological polar surface area (TPSA) is 90.3 Å². The van der Waals surface area contributed by atoms with Gasteiger partial charge in [0.05, 0.1) is 23.0 Å². The lowest BCUT2D eigenvalue weighted by atomic mass is 10.1. The number of benzene rings is 1. The summed E-state index contributed by atoms with van der Waals surface area (Å²) < 4.78 is 39.3. The van der Waals surface area contributed by atoms with E-state index in [1.165, 1.54) is 12.4 Å². The number of halogens is 4. The van der Waals surface area contributed by atoms with Gasteiger partial charge in [0.15, 0.2) is 0 Å². The Bertz CT molecular complexity index is 1260. The van der Waals surface area contributed by atoms with E-state index in [0.717, 1.165) is 17.8 Å². The monoisotopic (exact) mass is 428 g/mol. The molecule has 0 aliphatic rings. The molecule has 0 saturated heterocycles. The average Bonchev–Trinajstić information content (AvgIpc) is 3.15. The maximum absolute atomic E-state index is 13.1. The Morgan fingerprint density at radius 2 is 1.90 bits per heavy atom. The third-order valence-corrected chi connectivity index (χ3v) is 4.64. The summed E-state index contributed by atoms with van der Waals surface area (Å²) in [4.78, 5) is 15.1. The van der Waals surface area contributed by atoms with Crippen molar-refractivity contribution in [2.45, 2.75) is 12.7 Å². The first-order valence-electron chi connectivity index (χ1n) is 8.65. The molecule has 3 heterocycles. The predicted molar refractivity (Wildman–Crippen MR) is 106 cm³/mol. The van der Waals surface area contributed by atoms with E-state index >= 15 is 0 Å². The summed E-state index contributed by atoms with van der Waals surface area (Å²) in [6.07, 6.45) is -0.978. The number of pyridine rings is 1. The van der Waals surface area contributed by atoms with Crippen LogP contribution in [0.4, 0.5) is 19.1 Å². The molecule has 150 valence electrons. The van der Waals surface area contributed by atoms with Gasteiger partial charge in [-0.05, 0) is 23.8 Å². The van der Waals surface area contributed by atoms with Crippen LogP contribution in [-0.4, -0.2) is 19.9 Å². The number of H-pyrrole nitrogens is 1. The Morgan fingerprint density at radius 3 is 2.60 bits per heavy atom. The molecule has 30 heavy (non-hydrogen) atoms. The van der Waals surface area contributed by atoms with Crippen molar-refractivity contribution in [2.24, 2.45) is 0 Å². The fourth-order valence-corrected chi connectivity index (χ4v) is 3.02. The second-order valence-corrected chi connectivity index (χ2v) is 6.80. The molecule has 0 saturated carbocycles. The van der Waals surface area contributed by atoms with E-state index in [1.807, 2.05) is 18.2 Å². The number of fused-ring (bicyclic) bond motifs is 1. The number of rotatable bonds is 4. The maximum Gasteiger partial charge on any atom is 0.417 e. The molecule has 10 heteroatoms. The van der Waals surface area contributed by atoms with E-state index in [4.69, 9.17) is 11.6 Å². The van der Waals surface area contributed by atoms with Gasteiger partial charge in [-0.15, -0.1) is 0 Å². The van der Waals surface area contributed by atoms with Gasteiger partial charge >= 0.3 is 6.18 Å². The molecule has 4 aromatic rings. The first-order chi connectivity index (χ1) is 14.3. The molecule has 0 radical (unpaired) electrons. The van der Waals surface area contributed by atoms with Crippen molar-refractivity contribution in [1.29, 1.82) is 5.26 Å². The third kappa shape index (κ3) is 3.90. The highest BCUT2D eigenvalue weighted by Crippen LogP contribution is 2.34. The minimum absolute atomic E-state index is 0.130. The Morgan fingerprint density at radius 1 is 1.13 bits per heavy atom. The third-order valence-electron chi connectivity index (χ3n) is 4.39. The number of hydrogen-bond donors (Lipinski definition) is 2. The highest BCUT2D eigenvalue weighted by Gasteiger charge is 2.31. The second-order valence-electron chi connectivity index (χ2n) is 6.37. The van der Waals surface area contributed by atoms with Gasteiger partial charge in [0.2, 0.25) is 5.95 Å². The van der Waals surface area contributed by atoms with Crippen LogP contribution in [-0.2, 0) is 12.7 Å². The molecule has 1 aromatic carbocycles. The van der Waals surface area contributed by atoms with Crippen LogP contribution in [0.2, 0.25) is 5.02 Å². The number of nitriles is 1. The number of nitrogens with zero attached hydrogens (tertiary/aromatic N) is 4. The summed E-state index contributed by atoms with van der Waals surface area (Å²) in [5.41, 5.74) is 0.974. The van der Waals surface area contributed by atoms with Crippen LogP contribution in [0, 0.1) is 11.3 Å². The summed E-state index contributed by atoms with van der Waals surface area (Å²) in [6.45, 7) is 0.399. The van der Waals surface area contributed by atoms with Crippen LogP contribution in [0.15, 0.2) is 48.9 Å². The number of aromatic nitrogens is 4. The molecule has 0 bridgehead atoms. The fourth-order valence-electron chi connectivity index (χ4n) is 2.89. The van der Waals surface area contributed by atoms with Crippen LogP contribution < -0.4 is 5.32 Å². The number of anilines is 1. The molecule has 2 N–H and O–H groups in total. The summed E-state index contributed by atoms with van der Waals surface area (Å²) in [5.74, 6) is 0.230. The van der Waals surface area contributed by atoms with E-state index < -0.39 is 11.7 Å². The van der Waals surface area contributed by atoms with Gasteiger partial charge in [-0.3, -0.25) is 0 Å². The van der Waals surface area contributed by atoms with Gasteiger partial charge < -0.3 is 10.3 Å². The molecule has 3 aromatic heterocycles. The van der Waals surface area contributed by atoms with Gasteiger partial charge in [-0.2, -0.15) is 18.4 Å². The number of nitrogens with one attached hydrogen (secondary N) is 2. The zero-order valence-electron chi connectivity index (χ0n) is 15.1. The lowest BCUT2D eigenvalue weighted by Gasteiger charge is -2.09. The Kier molecular flexibility index (Phi) is 5.01. The van der Waals surface area contributed by atoms with E-state index in [-0.39, 0.29) is 28.2 Å². The highest BCUT2D eigenvalue weighted by molar-refractivity contribution is 6.30. The van der Waals surface area contributed by atoms with E-state index in [9.17, 15) is 18.4 Å². The maximum atomic E-state index is 13.1. The van der Waals surface area contributed by atoms with Gasteiger partial charge in [0.25, 0.3) is 0 Å². The molecule has 0 aliphatic carbocycles. The average molecular weight is 429 g/mol. The second kappa shape index (κ2) is 7.65. The summed E-state index contributed by atoms with van der Waals surface area (Å²) in [5, 5.41) is 13.3. The van der Waals surface area contributed by atoms with Crippen LogP contribution >= 0.6 is 11.6 Å². The van der Waals surface area contributed by atoms with Crippen LogP contribution in [0.25, 0.3) is 22.3 Å². The molecule has 0 atom stereocenters. The van der Waals surface area contributed by atoms with Crippen molar-refractivity contribution in [3.63, 3.8) is 0 Å². The van der Waals surface area contributed by atoms with E-state index in [2.05, 4.69) is 25.3 Å². The Balaban J connectivity index is 1.72. The lowest BCUT2D eigenvalue weighted by molar-refractivity contribution is -0.137. The standard InChI is InChI=1S/C20H12ClF3N6/c21-14-3-1-11(2-4-14)7-28-19-29-8-12(6-25)17(30-19)16-10-27-18-15(16)5-13(9-26-18)20(22,23)24/h1-5,8-10H,7H2,(H,26,27)(H,28,29,30). The summed E-state index contributed by atoms with van der Waals surface area (Å²) in [7, 11) is 0. The van der Waals surface area contributed by atoms with Gasteiger partial charge in [0, 0.05) is 34.9 Å². The molecule has 0 spiro atoms. The first kappa shape index (κ1) is 19.7. The lowest BCUT2D eigenvalue weighted by Crippen LogP contribution is -2.06. The molecule has 0 aliphatic heterocycles. The normalized spacial score (nSPS) is 11.4. The molecule has 6 nitrogen and oxygen atoms in total. The molecular weight excluding hydrogens is 417 g/mol.